The first-order valence-corrected chi connectivity index (χ1v) is 11.2. The molecule has 2 aromatic carbocycles. The summed E-state index contributed by atoms with van der Waals surface area (Å²) in [4.78, 5) is 20.8. The lowest BCUT2D eigenvalue weighted by atomic mass is 10.1. The molecule has 9 heteroatoms. The SMILES string of the molecule is O=C(c1ccc(NS(=O)(=O)c2ccc(F)cc2)cc1)N1CCN(c2ccncc2)CC1. The van der Waals surface area contributed by atoms with Gasteiger partial charge in [-0.2, -0.15) is 0 Å². The van der Waals surface area contributed by atoms with Gasteiger partial charge in [0.25, 0.3) is 15.9 Å². The average molecular weight is 441 g/mol. The number of nitrogens with zero attached hydrogens (tertiary/aromatic N) is 3. The molecule has 1 aliphatic heterocycles. The van der Waals surface area contributed by atoms with Crippen LogP contribution < -0.4 is 9.62 Å². The summed E-state index contributed by atoms with van der Waals surface area (Å²) in [6, 6.07) is 14.7. The third kappa shape index (κ3) is 4.83. The van der Waals surface area contributed by atoms with Crippen LogP contribution in [0.25, 0.3) is 0 Å². The fourth-order valence-corrected chi connectivity index (χ4v) is 4.47. The second-order valence-corrected chi connectivity index (χ2v) is 8.80. The summed E-state index contributed by atoms with van der Waals surface area (Å²) in [5.74, 6) is -0.606. The van der Waals surface area contributed by atoms with Crippen LogP contribution in [0.15, 0.2) is 78.0 Å². The van der Waals surface area contributed by atoms with Gasteiger partial charge < -0.3 is 9.80 Å². The molecule has 0 aliphatic carbocycles. The van der Waals surface area contributed by atoms with Crippen molar-refractivity contribution >= 4 is 27.3 Å². The Bertz CT molecular complexity index is 1150. The van der Waals surface area contributed by atoms with Crippen molar-refractivity contribution in [3.63, 3.8) is 0 Å². The maximum atomic E-state index is 13.0. The quantitative estimate of drug-likeness (QED) is 0.660. The van der Waals surface area contributed by atoms with Crippen LogP contribution in [0.2, 0.25) is 0 Å². The van der Waals surface area contributed by atoms with Crippen molar-refractivity contribution in [1.82, 2.24) is 9.88 Å². The van der Waals surface area contributed by atoms with Crippen LogP contribution in [0.3, 0.4) is 0 Å². The number of carbonyl (C=O) groups excluding carboxylic acids is 1. The fraction of sp³-hybridized carbons (Fsp3) is 0.182. The van der Waals surface area contributed by atoms with Crippen molar-refractivity contribution < 1.29 is 17.6 Å². The minimum absolute atomic E-state index is 0.0406. The molecule has 2 heterocycles. The molecular weight excluding hydrogens is 419 g/mol. The predicted octanol–water partition coefficient (Wildman–Crippen LogP) is 2.98. The summed E-state index contributed by atoms with van der Waals surface area (Å²) < 4.78 is 40.3. The molecule has 1 saturated heterocycles. The minimum atomic E-state index is -3.84. The first-order valence-electron chi connectivity index (χ1n) is 9.75. The van der Waals surface area contributed by atoms with E-state index in [1.807, 2.05) is 12.1 Å². The van der Waals surface area contributed by atoms with Crippen molar-refractivity contribution in [3.8, 4) is 0 Å². The molecule has 1 amide bonds. The molecular formula is C22H21FN4O3S. The van der Waals surface area contributed by atoms with E-state index in [1.165, 1.54) is 12.1 Å². The predicted molar refractivity (Wildman–Crippen MR) is 116 cm³/mol. The van der Waals surface area contributed by atoms with Crippen molar-refractivity contribution in [2.75, 3.05) is 35.8 Å². The van der Waals surface area contributed by atoms with E-state index in [4.69, 9.17) is 0 Å². The molecule has 1 N–H and O–H groups in total. The van der Waals surface area contributed by atoms with Gasteiger partial charge in [0.15, 0.2) is 0 Å². The number of sulfonamides is 1. The van der Waals surface area contributed by atoms with Crippen LogP contribution in [-0.4, -0.2) is 50.4 Å². The van der Waals surface area contributed by atoms with E-state index in [-0.39, 0.29) is 10.8 Å². The molecule has 31 heavy (non-hydrogen) atoms. The standard InChI is InChI=1S/C22H21FN4O3S/c23-18-3-7-21(8-4-18)31(29,30)25-19-5-1-17(2-6-19)22(28)27-15-13-26(14-16-27)20-9-11-24-12-10-20/h1-12,25H,13-16H2. The van der Waals surface area contributed by atoms with Gasteiger partial charge in [-0.1, -0.05) is 0 Å². The highest BCUT2D eigenvalue weighted by Gasteiger charge is 2.22. The first-order chi connectivity index (χ1) is 14.9. The minimum Gasteiger partial charge on any atom is -0.368 e. The Labute approximate surface area is 180 Å². The van der Waals surface area contributed by atoms with Crippen molar-refractivity contribution in [2.24, 2.45) is 0 Å². The molecule has 0 saturated carbocycles. The van der Waals surface area contributed by atoms with Crippen molar-refractivity contribution in [2.45, 2.75) is 4.90 Å². The number of halogens is 1. The van der Waals surface area contributed by atoms with Crippen molar-refractivity contribution in [1.29, 1.82) is 0 Å². The maximum absolute atomic E-state index is 13.0. The number of nitrogens with one attached hydrogen (secondary N) is 1. The normalized spacial score (nSPS) is 14.4. The highest BCUT2D eigenvalue weighted by atomic mass is 32.2. The lowest BCUT2D eigenvalue weighted by Crippen LogP contribution is -2.48. The number of piperazine rings is 1. The van der Waals surface area contributed by atoms with E-state index in [0.717, 1.165) is 30.9 Å². The second kappa shape index (κ2) is 8.73. The number of benzene rings is 2. The molecule has 0 bridgehead atoms. The Hall–Kier alpha value is -3.46. The van der Waals surface area contributed by atoms with Crippen LogP contribution in [0.1, 0.15) is 10.4 Å². The van der Waals surface area contributed by atoms with E-state index in [1.54, 1.807) is 41.6 Å². The number of aromatic nitrogens is 1. The van der Waals surface area contributed by atoms with E-state index < -0.39 is 15.8 Å². The highest BCUT2D eigenvalue weighted by molar-refractivity contribution is 7.92. The Morgan fingerprint density at radius 3 is 2.10 bits per heavy atom. The zero-order valence-corrected chi connectivity index (χ0v) is 17.4. The van der Waals surface area contributed by atoms with Gasteiger partial charge >= 0.3 is 0 Å². The third-order valence-electron chi connectivity index (χ3n) is 5.10. The van der Waals surface area contributed by atoms with Crippen LogP contribution in [0.4, 0.5) is 15.8 Å². The Morgan fingerprint density at radius 2 is 1.48 bits per heavy atom. The van der Waals surface area contributed by atoms with Crippen LogP contribution in [-0.2, 0) is 10.0 Å². The Balaban J connectivity index is 1.38. The molecule has 1 aliphatic rings. The van der Waals surface area contributed by atoms with Crippen LogP contribution in [0.5, 0.6) is 0 Å². The molecule has 0 atom stereocenters. The molecule has 0 radical (unpaired) electrons. The number of amides is 1. The fourth-order valence-electron chi connectivity index (χ4n) is 3.41. The number of rotatable bonds is 5. The van der Waals surface area contributed by atoms with Crippen LogP contribution in [0, 0.1) is 5.82 Å². The van der Waals surface area contributed by atoms with Gasteiger partial charge in [0.1, 0.15) is 5.82 Å². The van der Waals surface area contributed by atoms with E-state index in [2.05, 4.69) is 14.6 Å². The molecule has 0 spiro atoms. The maximum Gasteiger partial charge on any atom is 0.261 e. The van der Waals surface area contributed by atoms with Gasteiger partial charge in [-0.05, 0) is 60.7 Å². The first kappa shape index (κ1) is 20.8. The van der Waals surface area contributed by atoms with Crippen LogP contribution >= 0.6 is 0 Å². The third-order valence-corrected chi connectivity index (χ3v) is 6.50. The van der Waals surface area contributed by atoms with E-state index in [9.17, 15) is 17.6 Å². The summed E-state index contributed by atoms with van der Waals surface area (Å²) in [6.07, 6.45) is 3.50. The van der Waals surface area contributed by atoms with Gasteiger partial charge in [-0.3, -0.25) is 14.5 Å². The number of carbonyl (C=O) groups is 1. The number of hydrogen-bond acceptors (Lipinski definition) is 5. The van der Waals surface area contributed by atoms with Crippen molar-refractivity contribution in [3.05, 3.63) is 84.4 Å². The Kier molecular flexibility index (Phi) is 5.85. The van der Waals surface area contributed by atoms with Gasteiger partial charge in [-0.25, -0.2) is 12.8 Å². The van der Waals surface area contributed by atoms with E-state index >= 15 is 0 Å². The molecule has 3 aromatic rings. The number of pyridine rings is 1. The Morgan fingerprint density at radius 1 is 0.871 bits per heavy atom. The van der Waals surface area contributed by atoms with Gasteiger partial charge in [-0.15, -0.1) is 0 Å². The second-order valence-electron chi connectivity index (χ2n) is 7.12. The molecule has 4 rings (SSSR count). The number of anilines is 2. The monoisotopic (exact) mass is 440 g/mol. The molecule has 1 fully saturated rings. The summed E-state index contributed by atoms with van der Waals surface area (Å²) in [5, 5.41) is 0. The topological polar surface area (TPSA) is 82.6 Å². The molecule has 0 unspecified atom stereocenters. The average Bonchev–Trinajstić information content (AvgIpc) is 2.80. The van der Waals surface area contributed by atoms with Gasteiger partial charge in [0.05, 0.1) is 4.90 Å². The van der Waals surface area contributed by atoms with E-state index in [0.29, 0.717) is 24.3 Å². The summed E-state index contributed by atoms with van der Waals surface area (Å²) in [5.41, 5.74) is 1.89. The molecule has 1 aromatic heterocycles. The zero-order valence-electron chi connectivity index (χ0n) is 16.6. The van der Waals surface area contributed by atoms with Gasteiger partial charge in [0.2, 0.25) is 0 Å². The largest absolute Gasteiger partial charge is 0.368 e. The molecule has 160 valence electrons. The molecule has 7 nitrogen and oxygen atoms in total. The zero-order chi connectivity index (χ0) is 21.8. The highest BCUT2D eigenvalue weighted by Crippen LogP contribution is 2.19. The lowest BCUT2D eigenvalue weighted by Gasteiger charge is -2.36. The number of hydrogen-bond donors (Lipinski definition) is 1. The smallest absolute Gasteiger partial charge is 0.261 e. The lowest BCUT2D eigenvalue weighted by molar-refractivity contribution is 0.0747. The summed E-state index contributed by atoms with van der Waals surface area (Å²) >= 11 is 0. The summed E-state index contributed by atoms with van der Waals surface area (Å²) in [6.45, 7) is 2.65. The van der Waals surface area contributed by atoms with Gasteiger partial charge in [0, 0.05) is 55.5 Å². The summed E-state index contributed by atoms with van der Waals surface area (Å²) in [7, 11) is -3.84.